The first-order valence-corrected chi connectivity index (χ1v) is 8.92. The smallest absolute Gasteiger partial charge is 0.318 e. The molecule has 142 valence electrons. The zero-order valence-corrected chi connectivity index (χ0v) is 16.0. The Morgan fingerprint density at radius 1 is 1.30 bits per heavy atom. The molecule has 2 aromatic carbocycles. The largest absolute Gasteiger partial charge is 0.488 e. The van der Waals surface area contributed by atoms with Crippen molar-refractivity contribution in [3.63, 3.8) is 0 Å². The summed E-state index contributed by atoms with van der Waals surface area (Å²) < 4.78 is 5.96. The molecule has 0 aromatic heterocycles. The van der Waals surface area contributed by atoms with Crippen molar-refractivity contribution in [2.45, 2.75) is 44.6 Å². The average Bonchev–Trinajstić information content (AvgIpc) is 2.59. The number of hydrogen-bond acceptors (Lipinski definition) is 4. The van der Waals surface area contributed by atoms with Gasteiger partial charge in [0.25, 0.3) is 5.69 Å². The van der Waals surface area contributed by atoms with Crippen LogP contribution in [0.1, 0.15) is 43.9 Å². The van der Waals surface area contributed by atoms with Gasteiger partial charge in [0.2, 0.25) is 0 Å². The number of nitro benzene ring substituents is 1. The second-order valence-electron chi connectivity index (χ2n) is 7.53. The molecule has 0 amide bonds. The molecule has 1 heterocycles. The number of ether oxygens (including phenoxy) is 1. The molecule has 6 nitrogen and oxygen atoms in total. The quantitative estimate of drug-likeness (QED) is 0.602. The Kier molecular flexibility index (Phi) is 4.64. The van der Waals surface area contributed by atoms with Crippen LogP contribution in [-0.2, 0) is 16.6 Å². The fourth-order valence-corrected chi connectivity index (χ4v) is 3.60. The molecule has 0 saturated heterocycles. The minimum absolute atomic E-state index is 0.0458. The van der Waals surface area contributed by atoms with Crippen molar-refractivity contribution in [3.05, 3.63) is 68.2 Å². The van der Waals surface area contributed by atoms with E-state index in [-0.39, 0.29) is 21.9 Å². The molecule has 0 radical (unpaired) electrons. The van der Waals surface area contributed by atoms with Crippen molar-refractivity contribution in [1.29, 1.82) is 0 Å². The lowest BCUT2D eigenvalue weighted by Gasteiger charge is -2.34. The summed E-state index contributed by atoms with van der Waals surface area (Å²) in [6, 6.07) is 9.13. The molecule has 1 atom stereocenters. The van der Waals surface area contributed by atoms with E-state index >= 15 is 0 Å². The van der Waals surface area contributed by atoms with Crippen LogP contribution in [0.3, 0.4) is 0 Å². The third-order valence-corrected chi connectivity index (χ3v) is 5.38. The summed E-state index contributed by atoms with van der Waals surface area (Å²) in [5, 5.41) is 21.8. The summed E-state index contributed by atoms with van der Waals surface area (Å²) in [7, 11) is 0. The van der Waals surface area contributed by atoms with E-state index < -0.39 is 16.3 Å². The summed E-state index contributed by atoms with van der Waals surface area (Å²) in [6.45, 7) is 5.46. The van der Waals surface area contributed by atoms with Crippen LogP contribution in [0.2, 0.25) is 5.02 Å². The first-order valence-electron chi connectivity index (χ1n) is 8.55. The monoisotopic (exact) mass is 389 g/mol. The number of carboxylic acid groups (broad SMARTS) is 1. The van der Waals surface area contributed by atoms with Gasteiger partial charge >= 0.3 is 5.97 Å². The zero-order chi connectivity index (χ0) is 20.0. The van der Waals surface area contributed by atoms with Gasteiger partial charge in [-0.25, -0.2) is 0 Å². The summed E-state index contributed by atoms with van der Waals surface area (Å²) in [5.41, 5.74) is -0.804. The highest BCUT2D eigenvalue weighted by Crippen LogP contribution is 2.42. The Hall–Kier alpha value is -2.60. The van der Waals surface area contributed by atoms with E-state index in [9.17, 15) is 20.0 Å². The third-order valence-electron chi connectivity index (χ3n) is 5.14. The number of benzene rings is 2. The van der Waals surface area contributed by atoms with Gasteiger partial charge in [-0.2, -0.15) is 0 Å². The van der Waals surface area contributed by atoms with Gasteiger partial charge in [-0.1, -0.05) is 23.7 Å². The first kappa shape index (κ1) is 19.2. The highest BCUT2D eigenvalue weighted by molar-refractivity contribution is 6.30. The van der Waals surface area contributed by atoms with Crippen LogP contribution in [0.4, 0.5) is 5.69 Å². The highest BCUT2D eigenvalue weighted by Gasteiger charge is 2.43. The van der Waals surface area contributed by atoms with Crippen LogP contribution < -0.4 is 4.74 Å². The molecule has 0 bridgehead atoms. The van der Waals surface area contributed by atoms with Crippen LogP contribution in [-0.4, -0.2) is 21.6 Å². The predicted octanol–water partition coefficient (Wildman–Crippen LogP) is 4.74. The fourth-order valence-electron chi connectivity index (χ4n) is 3.43. The Labute approximate surface area is 161 Å². The van der Waals surface area contributed by atoms with Crippen LogP contribution in [0, 0.1) is 10.1 Å². The van der Waals surface area contributed by atoms with E-state index in [1.807, 2.05) is 13.8 Å². The van der Waals surface area contributed by atoms with E-state index in [0.29, 0.717) is 11.3 Å². The number of hydrogen-bond donors (Lipinski definition) is 1. The standard InChI is InChI=1S/C20H20ClNO5/c1-19(2)9-8-12-10-13(4-7-17(12)27-19)20(3,18(23)24)15-11-14(21)5-6-16(15)22(25)26/h4-7,10-11H,8-9H2,1-3H3,(H,23,24). The minimum atomic E-state index is -1.63. The fraction of sp³-hybridized carbons (Fsp3) is 0.350. The Morgan fingerprint density at radius 3 is 2.63 bits per heavy atom. The predicted molar refractivity (Wildman–Crippen MR) is 102 cm³/mol. The van der Waals surface area contributed by atoms with Crippen molar-refractivity contribution in [2.75, 3.05) is 0 Å². The molecule has 1 unspecified atom stereocenters. The van der Waals surface area contributed by atoms with Crippen LogP contribution in [0.5, 0.6) is 5.75 Å². The van der Waals surface area contributed by atoms with Gasteiger partial charge in [0.1, 0.15) is 16.8 Å². The van der Waals surface area contributed by atoms with Crippen molar-refractivity contribution in [1.82, 2.24) is 0 Å². The Balaban J connectivity index is 2.19. The Bertz CT molecular complexity index is 940. The third kappa shape index (κ3) is 3.37. The lowest BCUT2D eigenvalue weighted by atomic mass is 9.74. The molecule has 1 aliphatic rings. The lowest BCUT2D eigenvalue weighted by molar-refractivity contribution is -0.385. The van der Waals surface area contributed by atoms with E-state index in [1.165, 1.54) is 25.1 Å². The molecule has 3 rings (SSSR count). The zero-order valence-electron chi connectivity index (χ0n) is 15.3. The molecule has 0 aliphatic carbocycles. The molecule has 27 heavy (non-hydrogen) atoms. The number of nitro groups is 1. The molecule has 0 fully saturated rings. The van der Waals surface area contributed by atoms with Gasteiger partial charge in [-0.05, 0) is 62.9 Å². The van der Waals surface area contributed by atoms with Crippen LogP contribution in [0.25, 0.3) is 0 Å². The summed E-state index contributed by atoms with van der Waals surface area (Å²) in [5.74, 6) is -0.479. The van der Waals surface area contributed by atoms with E-state index in [1.54, 1.807) is 18.2 Å². The number of halogens is 1. The van der Waals surface area contributed by atoms with Crippen molar-refractivity contribution in [3.8, 4) is 5.75 Å². The van der Waals surface area contributed by atoms with Gasteiger partial charge in [0.15, 0.2) is 0 Å². The summed E-state index contributed by atoms with van der Waals surface area (Å²) in [6.07, 6.45) is 1.54. The van der Waals surface area contributed by atoms with Crippen molar-refractivity contribution in [2.24, 2.45) is 0 Å². The molecule has 0 spiro atoms. The maximum atomic E-state index is 12.3. The molecule has 2 aromatic rings. The van der Waals surface area contributed by atoms with Gasteiger partial charge < -0.3 is 9.84 Å². The number of carbonyl (C=O) groups is 1. The van der Waals surface area contributed by atoms with Crippen LogP contribution in [0.15, 0.2) is 36.4 Å². The second-order valence-corrected chi connectivity index (χ2v) is 7.97. The lowest BCUT2D eigenvalue weighted by Crippen LogP contribution is -2.36. The van der Waals surface area contributed by atoms with Gasteiger partial charge in [0, 0.05) is 11.1 Å². The van der Waals surface area contributed by atoms with Gasteiger partial charge in [-0.3, -0.25) is 14.9 Å². The van der Waals surface area contributed by atoms with Crippen molar-refractivity contribution >= 4 is 23.3 Å². The maximum absolute atomic E-state index is 12.3. The highest BCUT2D eigenvalue weighted by atomic mass is 35.5. The SMILES string of the molecule is CC1(C)CCc2cc(C(C)(C(=O)O)c3cc(Cl)ccc3[N+](=O)[O-])ccc2O1. The van der Waals surface area contributed by atoms with E-state index in [4.69, 9.17) is 16.3 Å². The number of fused-ring (bicyclic) bond motifs is 1. The summed E-state index contributed by atoms with van der Waals surface area (Å²) >= 11 is 6.03. The Morgan fingerprint density at radius 2 is 2.00 bits per heavy atom. The number of aryl methyl sites for hydroxylation is 1. The van der Waals surface area contributed by atoms with Gasteiger partial charge in [-0.15, -0.1) is 0 Å². The molecule has 1 aliphatic heterocycles. The topological polar surface area (TPSA) is 89.7 Å². The van der Waals surface area contributed by atoms with E-state index in [2.05, 4.69) is 0 Å². The van der Waals surface area contributed by atoms with E-state index in [0.717, 1.165) is 18.4 Å². The molecular formula is C20H20ClNO5. The minimum Gasteiger partial charge on any atom is -0.488 e. The molecule has 7 heteroatoms. The van der Waals surface area contributed by atoms with Gasteiger partial charge in [0.05, 0.1) is 10.5 Å². The van der Waals surface area contributed by atoms with Crippen molar-refractivity contribution < 1.29 is 19.6 Å². The number of nitrogens with zero attached hydrogens (tertiary/aromatic N) is 1. The summed E-state index contributed by atoms with van der Waals surface area (Å²) in [4.78, 5) is 23.2. The number of aliphatic carboxylic acids is 1. The number of carboxylic acids is 1. The number of rotatable bonds is 4. The molecule has 1 N–H and O–H groups in total. The second kappa shape index (κ2) is 6.53. The van der Waals surface area contributed by atoms with Crippen LogP contribution >= 0.6 is 11.6 Å². The molecular weight excluding hydrogens is 370 g/mol. The first-order chi connectivity index (χ1) is 12.5. The maximum Gasteiger partial charge on any atom is 0.318 e. The molecule has 0 saturated carbocycles. The normalized spacial score (nSPS) is 17.3. The average molecular weight is 390 g/mol.